The number of ether oxygens (including phenoxy) is 1. The molecule has 6 heteroatoms. The Kier molecular flexibility index (Phi) is 4.86. The van der Waals surface area contributed by atoms with Crippen molar-refractivity contribution in [2.75, 3.05) is 16.8 Å². The summed E-state index contributed by atoms with van der Waals surface area (Å²) >= 11 is 0. The monoisotopic (exact) mass is 378 g/mol. The van der Waals surface area contributed by atoms with Crippen LogP contribution in [0.2, 0.25) is 0 Å². The number of amides is 2. The number of rotatable bonds is 4. The van der Waals surface area contributed by atoms with Gasteiger partial charge in [-0.25, -0.2) is 0 Å². The van der Waals surface area contributed by atoms with Gasteiger partial charge < -0.3 is 10.1 Å². The highest BCUT2D eigenvalue weighted by molar-refractivity contribution is 6.11. The van der Waals surface area contributed by atoms with Crippen LogP contribution in [0.5, 0.6) is 0 Å². The Morgan fingerprint density at radius 3 is 2.79 bits per heavy atom. The minimum absolute atomic E-state index is 0.0947. The van der Waals surface area contributed by atoms with E-state index in [1.54, 1.807) is 24.3 Å². The van der Waals surface area contributed by atoms with Crippen LogP contribution in [0.1, 0.15) is 30.0 Å². The maximum absolute atomic E-state index is 12.8. The summed E-state index contributed by atoms with van der Waals surface area (Å²) in [6.45, 7) is 1.45. The van der Waals surface area contributed by atoms with Gasteiger partial charge >= 0.3 is 5.97 Å². The number of nitrogens with one attached hydrogen (secondary N) is 1. The van der Waals surface area contributed by atoms with Crippen molar-refractivity contribution in [2.45, 2.75) is 38.7 Å². The number of fused-ring (bicyclic) bond motifs is 2. The Balaban J connectivity index is 1.42. The number of carbonyl (C=O) groups is 3. The second-order valence-corrected chi connectivity index (χ2v) is 7.26. The summed E-state index contributed by atoms with van der Waals surface area (Å²) in [5.41, 5.74) is 4.72. The molecular formula is C22H22N2O4. The van der Waals surface area contributed by atoms with Crippen molar-refractivity contribution in [3.05, 3.63) is 59.2 Å². The number of nitrogens with zero attached hydrogens (tertiary/aromatic N) is 1. The van der Waals surface area contributed by atoms with Crippen LogP contribution in [0.25, 0.3) is 0 Å². The molecule has 0 spiro atoms. The lowest BCUT2D eigenvalue weighted by Crippen LogP contribution is -2.47. The second-order valence-electron chi connectivity index (χ2n) is 7.26. The number of anilines is 2. The van der Waals surface area contributed by atoms with Gasteiger partial charge in [-0.1, -0.05) is 30.3 Å². The van der Waals surface area contributed by atoms with Crippen molar-refractivity contribution < 1.29 is 19.1 Å². The van der Waals surface area contributed by atoms with Gasteiger partial charge in [-0.15, -0.1) is 0 Å². The highest BCUT2D eigenvalue weighted by Crippen LogP contribution is 2.29. The zero-order valence-corrected chi connectivity index (χ0v) is 15.7. The quantitative estimate of drug-likeness (QED) is 0.830. The summed E-state index contributed by atoms with van der Waals surface area (Å²) in [4.78, 5) is 38.4. The van der Waals surface area contributed by atoms with E-state index in [0.717, 1.165) is 24.8 Å². The van der Waals surface area contributed by atoms with Gasteiger partial charge in [-0.3, -0.25) is 19.3 Å². The third-order valence-electron chi connectivity index (χ3n) is 5.20. The first-order valence-corrected chi connectivity index (χ1v) is 9.51. The average Bonchev–Trinajstić information content (AvgIpc) is 3.14. The van der Waals surface area contributed by atoms with Crippen LogP contribution in [0.15, 0.2) is 42.5 Å². The number of aryl methyl sites for hydroxylation is 2. The normalized spacial score (nSPS) is 16.0. The largest absolute Gasteiger partial charge is 0.452 e. The van der Waals surface area contributed by atoms with Gasteiger partial charge in [0.2, 0.25) is 5.91 Å². The first-order valence-electron chi connectivity index (χ1n) is 9.51. The summed E-state index contributed by atoms with van der Waals surface area (Å²) in [7, 11) is 0. The molecule has 144 valence electrons. The first kappa shape index (κ1) is 18.2. The van der Waals surface area contributed by atoms with E-state index in [1.807, 2.05) is 6.07 Å². The predicted molar refractivity (Wildman–Crippen MR) is 105 cm³/mol. The maximum atomic E-state index is 12.8. The zero-order valence-electron chi connectivity index (χ0n) is 15.7. The standard InChI is InChI=1S/C22H22N2O4/c1-14(22(27)24-13-20(25)23-18-7-2-3-8-19(18)24)28-21(26)12-15-9-10-16-5-4-6-17(16)11-15/h2-3,7-11,14H,4-6,12-13H2,1H3,(H,23,25)/t14-/m1/s1. The van der Waals surface area contributed by atoms with Crippen molar-refractivity contribution in [3.63, 3.8) is 0 Å². The SMILES string of the molecule is C[C@@H](OC(=O)Cc1ccc2c(c1)CCC2)C(=O)N1CC(=O)Nc2ccccc21. The maximum Gasteiger partial charge on any atom is 0.311 e. The van der Waals surface area contributed by atoms with Crippen molar-refractivity contribution in [2.24, 2.45) is 0 Å². The van der Waals surface area contributed by atoms with Gasteiger partial charge in [0, 0.05) is 0 Å². The Labute approximate surface area is 163 Å². The molecule has 0 aromatic heterocycles. The van der Waals surface area contributed by atoms with E-state index in [9.17, 15) is 14.4 Å². The molecule has 0 bridgehead atoms. The molecule has 1 heterocycles. The number of benzene rings is 2. The van der Waals surface area contributed by atoms with Crippen LogP contribution >= 0.6 is 0 Å². The lowest BCUT2D eigenvalue weighted by atomic mass is 10.0. The molecule has 1 aliphatic carbocycles. The molecular weight excluding hydrogens is 356 g/mol. The van der Waals surface area contributed by atoms with Crippen molar-refractivity contribution in [3.8, 4) is 0 Å². The lowest BCUT2D eigenvalue weighted by molar-refractivity contribution is -0.153. The topological polar surface area (TPSA) is 75.7 Å². The summed E-state index contributed by atoms with van der Waals surface area (Å²) < 4.78 is 5.38. The third-order valence-corrected chi connectivity index (χ3v) is 5.20. The van der Waals surface area contributed by atoms with E-state index in [0.29, 0.717) is 11.4 Å². The van der Waals surface area contributed by atoms with E-state index in [4.69, 9.17) is 4.74 Å². The molecule has 1 N–H and O–H groups in total. The van der Waals surface area contributed by atoms with Crippen LogP contribution in [0.4, 0.5) is 11.4 Å². The molecule has 2 aliphatic rings. The minimum Gasteiger partial charge on any atom is -0.452 e. The van der Waals surface area contributed by atoms with Gasteiger partial charge in [0.05, 0.1) is 17.8 Å². The lowest BCUT2D eigenvalue weighted by Gasteiger charge is -2.30. The molecule has 0 fully saturated rings. The van der Waals surface area contributed by atoms with E-state index >= 15 is 0 Å². The Morgan fingerprint density at radius 2 is 1.93 bits per heavy atom. The Bertz CT molecular complexity index is 953. The Hall–Kier alpha value is -3.15. The van der Waals surface area contributed by atoms with Crippen molar-refractivity contribution in [1.29, 1.82) is 0 Å². The molecule has 2 aromatic rings. The highest BCUT2D eigenvalue weighted by atomic mass is 16.5. The van der Waals surface area contributed by atoms with Crippen LogP contribution in [0.3, 0.4) is 0 Å². The number of hydrogen-bond donors (Lipinski definition) is 1. The first-order chi connectivity index (χ1) is 13.5. The smallest absolute Gasteiger partial charge is 0.311 e. The van der Waals surface area contributed by atoms with E-state index in [1.165, 1.54) is 23.0 Å². The van der Waals surface area contributed by atoms with Crippen molar-refractivity contribution >= 4 is 29.2 Å². The van der Waals surface area contributed by atoms with Gasteiger partial charge in [-0.05, 0) is 55.0 Å². The molecule has 2 amide bonds. The average molecular weight is 378 g/mol. The van der Waals surface area contributed by atoms with Crippen LogP contribution < -0.4 is 10.2 Å². The number of carbonyl (C=O) groups excluding carboxylic acids is 3. The third kappa shape index (κ3) is 3.63. The Morgan fingerprint density at radius 1 is 1.14 bits per heavy atom. The van der Waals surface area contributed by atoms with Crippen molar-refractivity contribution in [1.82, 2.24) is 0 Å². The molecule has 0 saturated carbocycles. The van der Waals surface area contributed by atoms with Crippen LogP contribution in [0, 0.1) is 0 Å². The number of hydrogen-bond acceptors (Lipinski definition) is 4. The second kappa shape index (κ2) is 7.46. The highest BCUT2D eigenvalue weighted by Gasteiger charge is 2.31. The van der Waals surface area contributed by atoms with E-state index in [2.05, 4.69) is 17.4 Å². The summed E-state index contributed by atoms with van der Waals surface area (Å²) in [5.74, 6) is -1.14. The molecule has 1 atom stereocenters. The molecule has 0 radical (unpaired) electrons. The molecule has 2 aromatic carbocycles. The number of para-hydroxylation sites is 2. The molecule has 0 saturated heterocycles. The van der Waals surface area contributed by atoms with Gasteiger partial charge in [0.15, 0.2) is 6.10 Å². The van der Waals surface area contributed by atoms with Crippen LogP contribution in [-0.2, 0) is 38.4 Å². The van der Waals surface area contributed by atoms with Gasteiger partial charge in [0.25, 0.3) is 5.91 Å². The fourth-order valence-corrected chi connectivity index (χ4v) is 3.84. The zero-order chi connectivity index (χ0) is 19.7. The summed E-state index contributed by atoms with van der Waals surface area (Å²) in [5, 5.41) is 2.74. The van der Waals surface area contributed by atoms with E-state index < -0.39 is 18.0 Å². The van der Waals surface area contributed by atoms with Crippen LogP contribution in [-0.4, -0.2) is 30.4 Å². The summed E-state index contributed by atoms with van der Waals surface area (Å²) in [6, 6.07) is 13.1. The minimum atomic E-state index is -0.971. The van der Waals surface area contributed by atoms with E-state index in [-0.39, 0.29) is 18.9 Å². The fraction of sp³-hybridized carbons (Fsp3) is 0.318. The fourth-order valence-electron chi connectivity index (χ4n) is 3.84. The van der Waals surface area contributed by atoms with Gasteiger partial charge in [0.1, 0.15) is 6.54 Å². The molecule has 28 heavy (non-hydrogen) atoms. The number of esters is 1. The predicted octanol–water partition coefficient (Wildman–Crippen LogP) is 2.63. The molecule has 4 rings (SSSR count). The molecule has 1 aliphatic heterocycles. The molecule has 0 unspecified atom stereocenters. The molecule has 6 nitrogen and oxygen atoms in total. The summed E-state index contributed by atoms with van der Waals surface area (Å²) in [6.07, 6.45) is 2.45. The van der Waals surface area contributed by atoms with Gasteiger partial charge in [-0.2, -0.15) is 0 Å².